The van der Waals surface area contributed by atoms with Gasteiger partial charge in [0, 0.05) is 0 Å². The Labute approximate surface area is 76.6 Å². The van der Waals surface area contributed by atoms with Crippen LogP contribution in [0.4, 0.5) is 4.39 Å². The number of halogens is 1. The highest BCUT2D eigenvalue weighted by atomic mass is 19.1. The van der Waals surface area contributed by atoms with Crippen LogP contribution in [0.15, 0.2) is 18.2 Å². The van der Waals surface area contributed by atoms with Gasteiger partial charge in [-0.25, -0.2) is 4.39 Å². The van der Waals surface area contributed by atoms with Gasteiger partial charge in [-0.1, -0.05) is 12.1 Å². The van der Waals surface area contributed by atoms with Crippen molar-refractivity contribution in [3.05, 3.63) is 35.1 Å². The highest BCUT2D eigenvalue weighted by molar-refractivity contribution is 5.83. The highest BCUT2D eigenvalue weighted by Crippen LogP contribution is 2.18. The molecule has 13 heavy (non-hydrogen) atoms. The number of nitrogens with two attached hydrogens (primary N) is 1. The first-order valence-electron chi connectivity index (χ1n) is 4.05. The quantitative estimate of drug-likeness (QED) is 0.754. The molecule has 1 rings (SSSR count). The normalized spacial score (nSPS) is 12.6. The van der Waals surface area contributed by atoms with Crippen LogP contribution in [0.3, 0.4) is 0 Å². The van der Waals surface area contributed by atoms with Crippen LogP contribution >= 0.6 is 0 Å². The van der Waals surface area contributed by atoms with Crippen LogP contribution in [0, 0.1) is 12.7 Å². The number of benzene rings is 1. The van der Waals surface area contributed by atoms with Gasteiger partial charge in [0.15, 0.2) is 5.78 Å². The van der Waals surface area contributed by atoms with Gasteiger partial charge in [-0.3, -0.25) is 4.79 Å². The summed E-state index contributed by atoms with van der Waals surface area (Å²) in [7, 11) is 0. The first kappa shape index (κ1) is 9.86. The number of carbonyl (C=O) groups is 1. The molecule has 0 aliphatic rings. The zero-order valence-corrected chi connectivity index (χ0v) is 7.67. The number of ketones is 1. The molecule has 2 N–H and O–H groups in total. The molecule has 1 unspecified atom stereocenters. The number of hydrogen-bond donors (Lipinski definition) is 1. The average molecular weight is 181 g/mol. The van der Waals surface area contributed by atoms with E-state index in [0.29, 0.717) is 11.1 Å². The van der Waals surface area contributed by atoms with Crippen molar-refractivity contribution in [3.63, 3.8) is 0 Å². The second kappa shape index (κ2) is 3.66. The molecular formula is C10H12FNO. The summed E-state index contributed by atoms with van der Waals surface area (Å²) in [5, 5.41) is 0. The van der Waals surface area contributed by atoms with Crippen LogP contribution in [0.1, 0.15) is 24.1 Å². The SMILES string of the molecule is CC(=O)C(N)c1cccc(F)c1C. The highest BCUT2D eigenvalue weighted by Gasteiger charge is 2.14. The fourth-order valence-corrected chi connectivity index (χ4v) is 1.18. The molecule has 0 aromatic heterocycles. The van der Waals surface area contributed by atoms with Crippen LogP contribution < -0.4 is 5.73 Å². The van der Waals surface area contributed by atoms with Gasteiger partial charge < -0.3 is 5.73 Å². The minimum Gasteiger partial charge on any atom is -0.318 e. The van der Waals surface area contributed by atoms with E-state index in [1.165, 1.54) is 13.0 Å². The lowest BCUT2D eigenvalue weighted by Gasteiger charge is -2.11. The molecule has 0 aliphatic heterocycles. The summed E-state index contributed by atoms with van der Waals surface area (Å²) in [6.07, 6.45) is 0. The Hall–Kier alpha value is -1.22. The first-order valence-corrected chi connectivity index (χ1v) is 4.05. The molecule has 70 valence electrons. The van der Waals surface area contributed by atoms with Crippen LogP contribution in [0.2, 0.25) is 0 Å². The fourth-order valence-electron chi connectivity index (χ4n) is 1.18. The summed E-state index contributed by atoms with van der Waals surface area (Å²) in [6.45, 7) is 3.02. The first-order chi connectivity index (χ1) is 6.04. The predicted octanol–water partition coefficient (Wildman–Crippen LogP) is 1.72. The van der Waals surface area contributed by atoms with Crippen LogP contribution in [0.5, 0.6) is 0 Å². The van der Waals surface area contributed by atoms with Crippen LogP contribution in [0.25, 0.3) is 0 Å². The molecule has 0 bridgehead atoms. The Bertz CT molecular complexity index is 336. The summed E-state index contributed by atoms with van der Waals surface area (Å²) in [4.78, 5) is 11.0. The Morgan fingerprint density at radius 3 is 2.69 bits per heavy atom. The van der Waals surface area contributed by atoms with Crippen LogP contribution in [-0.4, -0.2) is 5.78 Å². The summed E-state index contributed by atoms with van der Waals surface area (Å²) < 4.78 is 13.0. The Balaban J connectivity index is 3.15. The van der Waals surface area contributed by atoms with Crippen molar-refractivity contribution in [2.45, 2.75) is 19.9 Å². The Kier molecular flexibility index (Phi) is 2.78. The minimum atomic E-state index is -0.712. The van der Waals surface area contributed by atoms with E-state index in [1.807, 2.05) is 0 Å². The average Bonchev–Trinajstić information content (AvgIpc) is 2.08. The largest absolute Gasteiger partial charge is 0.318 e. The molecule has 0 fully saturated rings. The third kappa shape index (κ3) is 1.92. The lowest BCUT2D eigenvalue weighted by molar-refractivity contribution is -0.118. The molecule has 0 spiro atoms. The summed E-state index contributed by atoms with van der Waals surface area (Å²) in [5.41, 5.74) is 6.60. The fraction of sp³-hybridized carbons (Fsp3) is 0.300. The predicted molar refractivity (Wildman–Crippen MR) is 48.7 cm³/mol. The molecular weight excluding hydrogens is 169 g/mol. The molecule has 1 aromatic rings. The Morgan fingerprint density at radius 1 is 1.54 bits per heavy atom. The smallest absolute Gasteiger partial charge is 0.150 e. The molecule has 0 saturated carbocycles. The lowest BCUT2D eigenvalue weighted by Crippen LogP contribution is -2.19. The van der Waals surface area contributed by atoms with Crippen molar-refractivity contribution in [2.75, 3.05) is 0 Å². The van der Waals surface area contributed by atoms with Gasteiger partial charge in [-0.15, -0.1) is 0 Å². The third-order valence-electron chi connectivity index (χ3n) is 2.08. The lowest BCUT2D eigenvalue weighted by atomic mass is 9.99. The van der Waals surface area contributed by atoms with E-state index in [-0.39, 0.29) is 11.6 Å². The van der Waals surface area contributed by atoms with Crippen LogP contribution in [-0.2, 0) is 4.79 Å². The molecule has 0 aliphatic carbocycles. The van der Waals surface area contributed by atoms with E-state index in [4.69, 9.17) is 5.73 Å². The monoisotopic (exact) mass is 181 g/mol. The van der Waals surface area contributed by atoms with E-state index in [9.17, 15) is 9.18 Å². The molecule has 0 amide bonds. The molecule has 2 nitrogen and oxygen atoms in total. The molecule has 1 aromatic carbocycles. The third-order valence-corrected chi connectivity index (χ3v) is 2.08. The van der Waals surface area contributed by atoms with Gasteiger partial charge in [0.2, 0.25) is 0 Å². The number of hydrogen-bond acceptors (Lipinski definition) is 2. The van der Waals surface area contributed by atoms with E-state index in [1.54, 1.807) is 19.1 Å². The van der Waals surface area contributed by atoms with E-state index in [2.05, 4.69) is 0 Å². The summed E-state index contributed by atoms with van der Waals surface area (Å²) in [6, 6.07) is 3.87. The molecule has 0 heterocycles. The van der Waals surface area contributed by atoms with Crippen molar-refractivity contribution < 1.29 is 9.18 Å². The molecule has 1 atom stereocenters. The summed E-state index contributed by atoms with van der Waals surface area (Å²) in [5.74, 6) is -0.483. The van der Waals surface area contributed by atoms with Gasteiger partial charge >= 0.3 is 0 Å². The molecule has 0 saturated heterocycles. The van der Waals surface area contributed by atoms with Gasteiger partial charge in [0.05, 0.1) is 6.04 Å². The van der Waals surface area contributed by atoms with Crippen molar-refractivity contribution in [1.82, 2.24) is 0 Å². The van der Waals surface area contributed by atoms with Gasteiger partial charge in [0.1, 0.15) is 5.82 Å². The van der Waals surface area contributed by atoms with Gasteiger partial charge in [-0.05, 0) is 31.0 Å². The topological polar surface area (TPSA) is 43.1 Å². The maximum Gasteiger partial charge on any atom is 0.150 e. The second-order valence-electron chi connectivity index (χ2n) is 3.04. The number of Topliss-reactive ketones (excluding diaryl/α,β-unsaturated/α-hetero) is 1. The maximum atomic E-state index is 13.0. The molecule has 0 radical (unpaired) electrons. The van der Waals surface area contributed by atoms with E-state index in [0.717, 1.165) is 0 Å². The molecule has 3 heteroatoms. The van der Waals surface area contributed by atoms with Gasteiger partial charge in [-0.2, -0.15) is 0 Å². The zero-order chi connectivity index (χ0) is 10.0. The Morgan fingerprint density at radius 2 is 2.15 bits per heavy atom. The van der Waals surface area contributed by atoms with Crippen molar-refractivity contribution in [1.29, 1.82) is 0 Å². The minimum absolute atomic E-state index is 0.159. The summed E-state index contributed by atoms with van der Waals surface area (Å²) >= 11 is 0. The number of rotatable bonds is 2. The van der Waals surface area contributed by atoms with Gasteiger partial charge in [0.25, 0.3) is 0 Å². The van der Waals surface area contributed by atoms with Crippen molar-refractivity contribution >= 4 is 5.78 Å². The van der Waals surface area contributed by atoms with E-state index >= 15 is 0 Å². The second-order valence-corrected chi connectivity index (χ2v) is 3.04. The van der Waals surface area contributed by atoms with E-state index < -0.39 is 6.04 Å². The standard InChI is InChI=1S/C10H12FNO/c1-6-8(10(12)7(2)13)4-3-5-9(6)11/h3-5,10H,12H2,1-2H3. The zero-order valence-electron chi connectivity index (χ0n) is 7.67. The van der Waals surface area contributed by atoms with Crippen molar-refractivity contribution in [3.8, 4) is 0 Å². The maximum absolute atomic E-state index is 13.0. The van der Waals surface area contributed by atoms with Crippen molar-refractivity contribution in [2.24, 2.45) is 5.73 Å². The number of carbonyl (C=O) groups excluding carboxylic acids is 1.